The van der Waals surface area contributed by atoms with E-state index in [1.54, 1.807) is 12.3 Å². The number of pyridine rings is 1. The highest BCUT2D eigenvalue weighted by Crippen LogP contribution is 2.09. The molecule has 0 unspecified atom stereocenters. The third-order valence-corrected chi connectivity index (χ3v) is 2.58. The lowest BCUT2D eigenvalue weighted by molar-refractivity contribution is 0.179. The number of nitrogen functional groups attached to an aromatic ring is 1. The van der Waals surface area contributed by atoms with E-state index in [0.717, 1.165) is 31.9 Å². The molecule has 15 heavy (non-hydrogen) atoms. The van der Waals surface area contributed by atoms with E-state index in [0.29, 0.717) is 5.82 Å². The van der Waals surface area contributed by atoms with Crippen molar-refractivity contribution in [3.8, 4) is 0 Å². The van der Waals surface area contributed by atoms with E-state index >= 15 is 0 Å². The molecule has 0 aliphatic carbocycles. The summed E-state index contributed by atoms with van der Waals surface area (Å²) in [7, 11) is 2.14. The Bertz CT molecular complexity index is 302. The summed E-state index contributed by atoms with van der Waals surface area (Å²) in [6, 6.07) is 3.75. The van der Waals surface area contributed by atoms with E-state index in [1.165, 1.54) is 0 Å². The van der Waals surface area contributed by atoms with E-state index in [9.17, 15) is 0 Å². The van der Waals surface area contributed by atoms with Crippen molar-refractivity contribution in [2.75, 3.05) is 44.4 Å². The molecule has 1 aromatic heterocycles. The molecule has 1 aliphatic rings. The fourth-order valence-electron chi connectivity index (χ4n) is 1.57. The van der Waals surface area contributed by atoms with Gasteiger partial charge in [-0.15, -0.1) is 0 Å². The van der Waals surface area contributed by atoms with Crippen molar-refractivity contribution in [1.29, 1.82) is 0 Å². The molecule has 0 aromatic carbocycles. The number of likely N-dealkylation sites (N-methyl/N-ethyl adjacent to an activating group) is 1. The Hall–Kier alpha value is -1.33. The molecular weight excluding hydrogens is 190 g/mol. The van der Waals surface area contributed by atoms with Gasteiger partial charge >= 0.3 is 0 Å². The largest absolute Gasteiger partial charge is 0.384 e. The maximum Gasteiger partial charge on any atom is 0.123 e. The van der Waals surface area contributed by atoms with Gasteiger partial charge in [-0.05, 0) is 19.2 Å². The molecule has 1 fully saturated rings. The molecule has 0 radical (unpaired) electrons. The van der Waals surface area contributed by atoms with Gasteiger partial charge in [-0.1, -0.05) is 0 Å². The molecular formula is C10H17N5. The second kappa shape index (κ2) is 4.46. The zero-order chi connectivity index (χ0) is 10.7. The minimum Gasteiger partial charge on any atom is -0.384 e. The average Bonchev–Trinajstić information content (AvgIpc) is 2.25. The van der Waals surface area contributed by atoms with Crippen LogP contribution in [0.2, 0.25) is 0 Å². The zero-order valence-corrected chi connectivity index (χ0v) is 8.98. The molecule has 2 heterocycles. The molecule has 3 N–H and O–H groups in total. The van der Waals surface area contributed by atoms with E-state index in [1.807, 2.05) is 6.07 Å². The summed E-state index contributed by atoms with van der Waals surface area (Å²) in [4.78, 5) is 6.36. The van der Waals surface area contributed by atoms with Gasteiger partial charge in [-0.25, -0.2) is 9.99 Å². The Labute approximate surface area is 89.8 Å². The highest BCUT2D eigenvalue weighted by atomic mass is 15.5. The minimum absolute atomic E-state index is 0.555. The number of anilines is 2. The molecule has 2 rings (SSSR count). The van der Waals surface area contributed by atoms with Gasteiger partial charge in [0.15, 0.2) is 0 Å². The lowest BCUT2D eigenvalue weighted by Gasteiger charge is -2.32. The summed E-state index contributed by atoms with van der Waals surface area (Å²) < 4.78 is 0. The Kier molecular flexibility index (Phi) is 3.03. The van der Waals surface area contributed by atoms with Gasteiger partial charge in [0.25, 0.3) is 0 Å². The second-order valence-corrected chi connectivity index (χ2v) is 3.87. The molecule has 0 spiro atoms. The predicted octanol–water partition coefficient (Wildman–Crippen LogP) is 0.238. The third kappa shape index (κ3) is 2.81. The predicted molar refractivity (Wildman–Crippen MR) is 61.3 cm³/mol. The van der Waals surface area contributed by atoms with Crippen molar-refractivity contribution in [2.24, 2.45) is 0 Å². The normalized spacial score (nSPS) is 19.0. The van der Waals surface area contributed by atoms with Crippen LogP contribution in [0.5, 0.6) is 0 Å². The summed E-state index contributed by atoms with van der Waals surface area (Å²) in [5.74, 6) is 0.555. The Morgan fingerprint density at radius 1 is 1.27 bits per heavy atom. The molecule has 0 bridgehead atoms. The average molecular weight is 207 g/mol. The lowest BCUT2D eigenvalue weighted by Crippen LogP contribution is -2.46. The fraction of sp³-hybridized carbons (Fsp3) is 0.500. The first-order valence-corrected chi connectivity index (χ1v) is 5.16. The van der Waals surface area contributed by atoms with Crippen LogP contribution in [-0.2, 0) is 0 Å². The van der Waals surface area contributed by atoms with Crippen LogP contribution >= 0.6 is 0 Å². The number of aromatic nitrogens is 1. The Morgan fingerprint density at radius 2 is 2.00 bits per heavy atom. The number of nitrogens with zero attached hydrogens (tertiary/aromatic N) is 3. The van der Waals surface area contributed by atoms with Crippen molar-refractivity contribution in [3.63, 3.8) is 0 Å². The quantitative estimate of drug-likeness (QED) is 0.727. The molecule has 5 nitrogen and oxygen atoms in total. The van der Waals surface area contributed by atoms with Gasteiger partial charge in [-0.3, -0.25) is 0 Å². The van der Waals surface area contributed by atoms with E-state index in [4.69, 9.17) is 5.73 Å². The van der Waals surface area contributed by atoms with Gasteiger partial charge < -0.3 is 16.1 Å². The minimum atomic E-state index is 0.555. The molecule has 5 heteroatoms. The summed E-state index contributed by atoms with van der Waals surface area (Å²) in [5.41, 5.74) is 9.83. The standard InChI is InChI=1S/C10H17N5/c1-14-4-6-15(7-5-14)13-9-2-3-10(11)12-8-9/h2-3,8,13H,4-7H2,1H3,(H2,11,12). The lowest BCUT2D eigenvalue weighted by atomic mass is 10.4. The number of nitrogens with two attached hydrogens (primary N) is 1. The van der Waals surface area contributed by atoms with Crippen LogP contribution in [0, 0.1) is 0 Å². The van der Waals surface area contributed by atoms with Crippen molar-refractivity contribution in [3.05, 3.63) is 18.3 Å². The van der Waals surface area contributed by atoms with Crippen LogP contribution in [-0.4, -0.2) is 48.1 Å². The number of hydrazine groups is 1. The van der Waals surface area contributed by atoms with Crippen molar-refractivity contribution in [2.45, 2.75) is 0 Å². The SMILES string of the molecule is CN1CCN(Nc2ccc(N)nc2)CC1. The van der Waals surface area contributed by atoms with Gasteiger partial charge in [0.1, 0.15) is 5.82 Å². The van der Waals surface area contributed by atoms with Crippen molar-refractivity contribution < 1.29 is 0 Å². The number of hydrogen-bond donors (Lipinski definition) is 2. The maximum absolute atomic E-state index is 5.52. The van der Waals surface area contributed by atoms with E-state index < -0.39 is 0 Å². The first-order valence-electron chi connectivity index (χ1n) is 5.16. The molecule has 1 aliphatic heterocycles. The highest BCUT2D eigenvalue weighted by Gasteiger charge is 2.13. The molecule has 0 saturated carbocycles. The smallest absolute Gasteiger partial charge is 0.123 e. The summed E-state index contributed by atoms with van der Waals surface area (Å²) in [6.45, 7) is 4.24. The van der Waals surface area contributed by atoms with Crippen LogP contribution in [0.1, 0.15) is 0 Å². The molecule has 0 atom stereocenters. The number of rotatable bonds is 2. The van der Waals surface area contributed by atoms with Crippen molar-refractivity contribution >= 4 is 11.5 Å². The van der Waals surface area contributed by atoms with Crippen LogP contribution in [0.25, 0.3) is 0 Å². The highest BCUT2D eigenvalue weighted by molar-refractivity contribution is 5.44. The number of piperazine rings is 1. The maximum atomic E-state index is 5.52. The van der Waals surface area contributed by atoms with Crippen LogP contribution in [0.3, 0.4) is 0 Å². The van der Waals surface area contributed by atoms with Crippen molar-refractivity contribution in [1.82, 2.24) is 14.9 Å². The Balaban J connectivity index is 1.89. The molecule has 82 valence electrons. The topological polar surface area (TPSA) is 57.4 Å². The van der Waals surface area contributed by atoms with E-state index in [-0.39, 0.29) is 0 Å². The fourth-order valence-corrected chi connectivity index (χ4v) is 1.57. The zero-order valence-electron chi connectivity index (χ0n) is 8.98. The molecule has 0 amide bonds. The third-order valence-electron chi connectivity index (χ3n) is 2.58. The van der Waals surface area contributed by atoms with Crippen LogP contribution < -0.4 is 11.2 Å². The summed E-state index contributed by atoms with van der Waals surface area (Å²) in [5, 5.41) is 2.20. The van der Waals surface area contributed by atoms with Gasteiger partial charge in [0, 0.05) is 26.2 Å². The number of hydrogen-bond acceptors (Lipinski definition) is 5. The van der Waals surface area contributed by atoms with Crippen LogP contribution in [0.15, 0.2) is 18.3 Å². The summed E-state index contributed by atoms with van der Waals surface area (Å²) in [6.07, 6.45) is 1.76. The molecule has 1 aromatic rings. The summed E-state index contributed by atoms with van der Waals surface area (Å²) >= 11 is 0. The Morgan fingerprint density at radius 3 is 2.60 bits per heavy atom. The monoisotopic (exact) mass is 207 g/mol. The first-order chi connectivity index (χ1) is 7.24. The van der Waals surface area contributed by atoms with Crippen LogP contribution in [0.4, 0.5) is 11.5 Å². The first kappa shape index (κ1) is 10.2. The van der Waals surface area contributed by atoms with Gasteiger partial charge in [0.05, 0.1) is 11.9 Å². The van der Waals surface area contributed by atoms with Gasteiger partial charge in [0.2, 0.25) is 0 Å². The number of nitrogens with one attached hydrogen (secondary N) is 1. The second-order valence-electron chi connectivity index (χ2n) is 3.87. The van der Waals surface area contributed by atoms with E-state index in [2.05, 4.69) is 27.4 Å². The van der Waals surface area contributed by atoms with Gasteiger partial charge in [-0.2, -0.15) is 0 Å². The molecule has 1 saturated heterocycles.